The van der Waals surface area contributed by atoms with Gasteiger partial charge in [0.1, 0.15) is 11.6 Å². The molecule has 8 heteroatoms. The van der Waals surface area contributed by atoms with E-state index in [2.05, 4.69) is 4.98 Å². The monoisotopic (exact) mass is 494 g/mol. The molecule has 184 valence electrons. The molecule has 0 saturated heterocycles. The van der Waals surface area contributed by atoms with Crippen LogP contribution in [0.3, 0.4) is 0 Å². The molecule has 1 aliphatic rings. The van der Waals surface area contributed by atoms with Gasteiger partial charge in [0, 0.05) is 12.1 Å². The van der Waals surface area contributed by atoms with Crippen molar-refractivity contribution in [3.8, 4) is 11.5 Å². The summed E-state index contributed by atoms with van der Waals surface area (Å²) in [6.07, 6.45) is -3.78. The van der Waals surface area contributed by atoms with Crippen LogP contribution in [0.1, 0.15) is 39.7 Å². The van der Waals surface area contributed by atoms with Gasteiger partial charge in [0.25, 0.3) is 0 Å². The maximum absolute atomic E-state index is 13.6. The number of nitrogens with zero attached hydrogens (tertiary/aromatic N) is 2. The zero-order chi connectivity index (χ0) is 25.4. The number of hydrogen-bond donors (Lipinski definition) is 0. The van der Waals surface area contributed by atoms with Gasteiger partial charge in [-0.1, -0.05) is 36.4 Å². The van der Waals surface area contributed by atoms with Crippen molar-refractivity contribution in [1.29, 1.82) is 0 Å². The third-order valence-electron chi connectivity index (χ3n) is 6.46. The standard InChI is InChI=1S/C28H22F4N2O2/c1-17-24(33-27(36-17)20-6-10-21(11-7-20)28(30,31)32)16-25(35)34-15-14-18-4-2-3-5-23(18)26(34)19-8-12-22(29)13-9-19/h2-13,26H,14-16H2,1H3/t26-/m0/s1. The summed E-state index contributed by atoms with van der Waals surface area (Å²) in [5.41, 5.74) is 2.98. The molecule has 0 spiro atoms. The molecule has 1 atom stereocenters. The van der Waals surface area contributed by atoms with Crippen molar-refractivity contribution in [2.45, 2.75) is 32.0 Å². The van der Waals surface area contributed by atoms with Gasteiger partial charge in [-0.15, -0.1) is 0 Å². The van der Waals surface area contributed by atoms with Crippen LogP contribution < -0.4 is 0 Å². The number of amides is 1. The van der Waals surface area contributed by atoms with Crippen LogP contribution in [0.15, 0.2) is 77.2 Å². The van der Waals surface area contributed by atoms with E-state index in [9.17, 15) is 22.4 Å². The predicted octanol–water partition coefficient (Wildman–Crippen LogP) is 6.52. The maximum atomic E-state index is 13.6. The number of aromatic nitrogens is 1. The minimum absolute atomic E-state index is 0.0319. The fraction of sp³-hybridized carbons (Fsp3) is 0.214. The number of rotatable bonds is 4. The third-order valence-corrected chi connectivity index (χ3v) is 6.46. The second-order valence-electron chi connectivity index (χ2n) is 8.76. The summed E-state index contributed by atoms with van der Waals surface area (Å²) in [6.45, 7) is 2.16. The molecule has 36 heavy (non-hydrogen) atoms. The molecular formula is C28H22F4N2O2. The summed E-state index contributed by atoms with van der Waals surface area (Å²) in [7, 11) is 0. The molecule has 4 nitrogen and oxygen atoms in total. The van der Waals surface area contributed by atoms with E-state index in [-0.39, 0.29) is 30.1 Å². The molecule has 0 fully saturated rings. The first kappa shape index (κ1) is 23.8. The summed E-state index contributed by atoms with van der Waals surface area (Å²) in [6, 6.07) is 18.2. The highest BCUT2D eigenvalue weighted by atomic mass is 19.4. The highest BCUT2D eigenvalue weighted by molar-refractivity contribution is 5.80. The Morgan fingerprint density at radius 1 is 1.03 bits per heavy atom. The van der Waals surface area contributed by atoms with E-state index in [1.54, 1.807) is 24.0 Å². The van der Waals surface area contributed by atoms with Crippen molar-refractivity contribution in [2.24, 2.45) is 0 Å². The Kier molecular flexibility index (Phi) is 6.12. The first-order valence-electron chi connectivity index (χ1n) is 11.5. The van der Waals surface area contributed by atoms with Crippen molar-refractivity contribution in [3.05, 3.63) is 112 Å². The quantitative estimate of drug-likeness (QED) is 0.303. The first-order valence-corrected chi connectivity index (χ1v) is 11.5. The second-order valence-corrected chi connectivity index (χ2v) is 8.76. The Hall–Kier alpha value is -3.94. The molecular weight excluding hydrogens is 472 g/mol. The van der Waals surface area contributed by atoms with Crippen LogP contribution in [-0.4, -0.2) is 22.3 Å². The van der Waals surface area contributed by atoms with E-state index in [1.807, 2.05) is 24.3 Å². The molecule has 2 heterocycles. The van der Waals surface area contributed by atoms with Gasteiger partial charge in [0.2, 0.25) is 11.8 Å². The van der Waals surface area contributed by atoms with Crippen molar-refractivity contribution in [1.82, 2.24) is 9.88 Å². The molecule has 3 aromatic carbocycles. The molecule has 0 aliphatic carbocycles. The smallest absolute Gasteiger partial charge is 0.416 e. The van der Waals surface area contributed by atoms with Crippen molar-refractivity contribution >= 4 is 5.91 Å². The molecule has 5 rings (SSSR count). The van der Waals surface area contributed by atoms with Crippen molar-refractivity contribution < 1.29 is 26.8 Å². The van der Waals surface area contributed by atoms with Crippen LogP contribution in [0, 0.1) is 12.7 Å². The molecule has 0 unspecified atom stereocenters. The van der Waals surface area contributed by atoms with Crippen LogP contribution in [0.2, 0.25) is 0 Å². The second kappa shape index (κ2) is 9.26. The lowest BCUT2D eigenvalue weighted by Crippen LogP contribution is -2.41. The van der Waals surface area contributed by atoms with E-state index in [0.29, 0.717) is 30.0 Å². The van der Waals surface area contributed by atoms with Crippen molar-refractivity contribution in [3.63, 3.8) is 0 Å². The number of alkyl halides is 3. The third kappa shape index (κ3) is 4.63. The number of benzene rings is 3. The van der Waals surface area contributed by atoms with Crippen molar-refractivity contribution in [2.75, 3.05) is 6.54 Å². The summed E-state index contributed by atoms with van der Waals surface area (Å²) in [5, 5.41) is 0. The van der Waals surface area contributed by atoms with E-state index < -0.39 is 11.7 Å². The fourth-order valence-electron chi connectivity index (χ4n) is 4.60. The molecule has 1 aromatic heterocycles. The molecule has 0 saturated carbocycles. The summed E-state index contributed by atoms with van der Waals surface area (Å²) in [4.78, 5) is 19.7. The lowest BCUT2D eigenvalue weighted by Gasteiger charge is -2.38. The Morgan fingerprint density at radius 2 is 1.72 bits per heavy atom. The van der Waals surface area contributed by atoms with Gasteiger partial charge in [-0.05, 0) is 66.4 Å². The summed E-state index contributed by atoms with van der Waals surface area (Å²) >= 11 is 0. The Morgan fingerprint density at radius 3 is 2.42 bits per heavy atom. The highest BCUT2D eigenvalue weighted by Gasteiger charge is 2.33. The van der Waals surface area contributed by atoms with E-state index in [0.717, 1.165) is 28.8 Å². The van der Waals surface area contributed by atoms with Gasteiger partial charge in [0.15, 0.2) is 0 Å². The molecule has 0 bridgehead atoms. The number of carbonyl (C=O) groups is 1. The predicted molar refractivity (Wildman–Crippen MR) is 125 cm³/mol. The zero-order valence-electron chi connectivity index (χ0n) is 19.3. The number of hydrogen-bond acceptors (Lipinski definition) is 3. The van der Waals surface area contributed by atoms with E-state index in [4.69, 9.17) is 4.42 Å². The van der Waals surface area contributed by atoms with Gasteiger partial charge >= 0.3 is 6.18 Å². The Labute approximate surface area is 205 Å². The average Bonchev–Trinajstić information content (AvgIpc) is 3.23. The Balaban J connectivity index is 1.42. The molecule has 0 N–H and O–H groups in total. The molecule has 0 radical (unpaired) electrons. The van der Waals surface area contributed by atoms with Crippen LogP contribution >= 0.6 is 0 Å². The normalized spacial score (nSPS) is 15.6. The SMILES string of the molecule is Cc1oc(-c2ccc(C(F)(F)F)cc2)nc1CC(=O)N1CCc2ccccc2[C@@H]1c1ccc(F)cc1. The van der Waals surface area contributed by atoms with E-state index >= 15 is 0 Å². The van der Waals surface area contributed by atoms with Crippen LogP contribution in [-0.2, 0) is 23.8 Å². The average molecular weight is 494 g/mol. The van der Waals surface area contributed by atoms with Gasteiger partial charge in [-0.3, -0.25) is 4.79 Å². The van der Waals surface area contributed by atoms with Gasteiger partial charge in [0.05, 0.1) is 23.7 Å². The number of halogens is 4. The maximum Gasteiger partial charge on any atom is 0.416 e. The largest absolute Gasteiger partial charge is 0.441 e. The number of aryl methyl sites for hydroxylation is 1. The molecule has 1 amide bonds. The van der Waals surface area contributed by atoms with Crippen LogP contribution in [0.4, 0.5) is 17.6 Å². The van der Waals surface area contributed by atoms with Gasteiger partial charge < -0.3 is 9.32 Å². The number of oxazole rings is 1. The van der Waals surface area contributed by atoms with Crippen LogP contribution in [0.5, 0.6) is 0 Å². The summed E-state index contributed by atoms with van der Waals surface area (Å²) < 4.78 is 57.9. The minimum atomic E-state index is -4.43. The lowest BCUT2D eigenvalue weighted by molar-refractivity contribution is -0.137. The fourth-order valence-corrected chi connectivity index (χ4v) is 4.60. The molecule has 1 aliphatic heterocycles. The number of fused-ring (bicyclic) bond motifs is 1. The summed E-state index contributed by atoms with van der Waals surface area (Å²) in [5.74, 6) is 0.0565. The lowest BCUT2D eigenvalue weighted by atomic mass is 9.88. The van der Waals surface area contributed by atoms with E-state index in [1.165, 1.54) is 24.3 Å². The van der Waals surface area contributed by atoms with Gasteiger partial charge in [-0.25, -0.2) is 9.37 Å². The van der Waals surface area contributed by atoms with Gasteiger partial charge in [-0.2, -0.15) is 13.2 Å². The molecule has 4 aromatic rings. The first-order chi connectivity index (χ1) is 17.2. The highest BCUT2D eigenvalue weighted by Crippen LogP contribution is 2.36. The zero-order valence-corrected chi connectivity index (χ0v) is 19.3. The topological polar surface area (TPSA) is 46.3 Å². The van der Waals surface area contributed by atoms with Crippen LogP contribution in [0.25, 0.3) is 11.5 Å². The Bertz CT molecular complexity index is 1390. The number of carbonyl (C=O) groups excluding carboxylic acids is 1. The minimum Gasteiger partial charge on any atom is -0.441 e.